The molecule has 2 N–H and O–H groups in total. The van der Waals surface area contributed by atoms with Gasteiger partial charge in [0.2, 0.25) is 5.91 Å². The summed E-state index contributed by atoms with van der Waals surface area (Å²) in [5.41, 5.74) is 6.73. The number of carbonyl (C=O) groups excluding carboxylic acids is 1. The van der Waals surface area contributed by atoms with E-state index in [-0.39, 0.29) is 23.1 Å². The van der Waals surface area contributed by atoms with Gasteiger partial charge in [0, 0.05) is 25.6 Å². The molecule has 2 atom stereocenters. The van der Waals surface area contributed by atoms with Crippen LogP contribution in [0.1, 0.15) is 31.2 Å². The summed E-state index contributed by atoms with van der Waals surface area (Å²) < 4.78 is 20.1. The zero-order chi connectivity index (χ0) is 18.7. The monoisotopic (exact) mass is 377 g/mol. The van der Waals surface area contributed by atoms with E-state index in [2.05, 4.69) is 4.98 Å². The summed E-state index contributed by atoms with van der Waals surface area (Å²) in [5, 5.41) is -0.118. The molecule has 1 amide bonds. The highest BCUT2D eigenvalue weighted by Crippen LogP contribution is 2.29. The Morgan fingerprint density at radius 1 is 1.42 bits per heavy atom. The molecule has 1 aliphatic rings. The first-order chi connectivity index (χ1) is 12.4. The number of nitrogens with two attached hydrogens (primary N) is 1. The van der Waals surface area contributed by atoms with Crippen LogP contribution < -0.4 is 15.4 Å². The fraction of sp³-hybridized carbons (Fsp3) is 0.368. The number of rotatable bonds is 6. The van der Waals surface area contributed by atoms with E-state index in [4.69, 9.17) is 22.1 Å². The summed E-state index contributed by atoms with van der Waals surface area (Å²) in [7, 11) is 0. The fourth-order valence-electron chi connectivity index (χ4n) is 3.18. The summed E-state index contributed by atoms with van der Waals surface area (Å²) in [5.74, 6) is 0.0120. The second kappa shape index (κ2) is 7.91. The highest BCUT2D eigenvalue weighted by molar-refractivity contribution is 6.29. The summed E-state index contributed by atoms with van der Waals surface area (Å²) in [6.07, 6.45) is 2.58. The molecule has 7 heteroatoms. The Bertz CT molecular complexity index is 785. The first kappa shape index (κ1) is 18.5. The largest absolute Gasteiger partial charge is 0.489 e. The smallest absolute Gasteiger partial charge is 0.218 e. The molecule has 0 radical (unpaired) electrons. The van der Waals surface area contributed by atoms with Crippen molar-refractivity contribution in [3.05, 3.63) is 53.1 Å². The number of aromatic nitrogens is 1. The van der Waals surface area contributed by atoms with Crippen molar-refractivity contribution in [2.24, 2.45) is 5.73 Å². The number of pyridine rings is 1. The number of primary amides is 1. The Balaban J connectivity index is 1.60. The predicted octanol–water partition coefficient (Wildman–Crippen LogP) is 3.51. The van der Waals surface area contributed by atoms with Gasteiger partial charge >= 0.3 is 0 Å². The maximum absolute atomic E-state index is 14.1. The Hall–Kier alpha value is -2.34. The minimum atomic E-state index is -0.498. The van der Waals surface area contributed by atoms with E-state index in [0.717, 1.165) is 17.7 Å². The van der Waals surface area contributed by atoms with Gasteiger partial charge in [-0.3, -0.25) is 4.79 Å². The average Bonchev–Trinajstić information content (AvgIpc) is 3.05. The maximum atomic E-state index is 14.1. The number of carbonyl (C=O) groups is 1. The van der Waals surface area contributed by atoms with Crippen LogP contribution in [0.4, 0.5) is 10.1 Å². The van der Waals surface area contributed by atoms with E-state index in [1.54, 1.807) is 6.07 Å². The molecule has 0 spiro atoms. The van der Waals surface area contributed by atoms with Crippen LogP contribution in [0.25, 0.3) is 0 Å². The van der Waals surface area contributed by atoms with Crippen molar-refractivity contribution in [3.63, 3.8) is 0 Å². The fourth-order valence-corrected chi connectivity index (χ4v) is 3.34. The quantitative estimate of drug-likeness (QED) is 0.782. The molecule has 0 saturated carbocycles. The molecule has 1 aromatic heterocycles. The zero-order valence-electron chi connectivity index (χ0n) is 14.5. The van der Waals surface area contributed by atoms with Crippen molar-refractivity contribution >= 4 is 23.2 Å². The zero-order valence-corrected chi connectivity index (χ0v) is 15.2. The van der Waals surface area contributed by atoms with Gasteiger partial charge in [-0.2, -0.15) is 0 Å². The van der Waals surface area contributed by atoms with Gasteiger partial charge in [-0.15, -0.1) is 0 Å². The van der Waals surface area contributed by atoms with E-state index >= 15 is 0 Å². The SMILES string of the molecule is C[C@@H](CC(N)=O)c1ccc(O[C@@H]2CCN(c3ccnc(Cl)c3F)C2)cc1. The first-order valence-electron chi connectivity index (χ1n) is 8.54. The molecule has 138 valence electrons. The lowest BCUT2D eigenvalue weighted by Crippen LogP contribution is -2.25. The molecule has 2 heterocycles. The second-order valence-corrected chi connectivity index (χ2v) is 6.91. The molecule has 1 saturated heterocycles. The first-order valence-corrected chi connectivity index (χ1v) is 8.91. The lowest BCUT2D eigenvalue weighted by Gasteiger charge is -2.20. The second-order valence-electron chi connectivity index (χ2n) is 6.55. The number of hydrogen-bond acceptors (Lipinski definition) is 4. The molecular weight excluding hydrogens is 357 g/mol. The van der Waals surface area contributed by atoms with E-state index < -0.39 is 5.82 Å². The number of benzene rings is 1. The van der Waals surface area contributed by atoms with E-state index in [9.17, 15) is 9.18 Å². The normalized spacial score (nSPS) is 18.0. The number of anilines is 1. The van der Waals surface area contributed by atoms with Gasteiger partial charge in [0.25, 0.3) is 0 Å². The number of ether oxygens (including phenoxy) is 1. The summed E-state index contributed by atoms with van der Waals surface area (Å²) >= 11 is 5.76. The van der Waals surface area contributed by atoms with E-state index in [1.165, 1.54) is 6.20 Å². The average molecular weight is 378 g/mol. The molecule has 26 heavy (non-hydrogen) atoms. The van der Waals surface area contributed by atoms with Gasteiger partial charge in [0.15, 0.2) is 11.0 Å². The van der Waals surface area contributed by atoms with Gasteiger partial charge in [-0.1, -0.05) is 30.7 Å². The number of nitrogens with zero attached hydrogens (tertiary/aromatic N) is 2. The molecule has 1 aromatic carbocycles. The van der Waals surface area contributed by atoms with Crippen molar-refractivity contribution in [2.45, 2.75) is 31.8 Å². The minimum Gasteiger partial charge on any atom is -0.489 e. The van der Waals surface area contributed by atoms with Crippen molar-refractivity contribution in [1.82, 2.24) is 4.98 Å². The molecule has 1 aliphatic heterocycles. The third-order valence-electron chi connectivity index (χ3n) is 4.57. The molecule has 0 unspecified atom stereocenters. The number of halogens is 2. The standard InChI is InChI=1S/C19H21ClFN3O2/c1-12(10-17(22)25)13-2-4-14(5-3-13)26-15-7-9-24(11-15)16-6-8-23-19(20)18(16)21/h2-6,8,12,15H,7,9-11H2,1H3,(H2,22,25)/t12-,15+/m0/s1. The predicted molar refractivity (Wildman–Crippen MR) is 99.1 cm³/mol. The van der Waals surface area contributed by atoms with Gasteiger partial charge in [0.1, 0.15) is 11.9 Å². The molecule has 0 bridgehead atoms. The maximum Gasteiger partial charge on any atom is 0.218 e. The van der Waals surface area contributed by atoms with E-state index in [1.807, 2.05) is 36.1 Å². The molecule has 2 aromatic rings. The van der Waals surface area contributed by atoms with Gasteiger partial charge in [-0.05, 0) is 29.7 Å². The lowest BCUT2D eigenvalue weighted by molar-refractivity contribution is -0.118. The molecule has 1 fully saturated rings. The molecule has 0 aliphatic carbocycles. The van der Waals surface area contributed by atoms with Crippen LogP contribution in [0.3, 0.4) is 0 Å². The van der Waals surface area contributed by atoms with Gasteiger partial charge in [0.05, 0.1) is 12.2 Å². The van der Waals surface area contributed by atoms with Gasteiger partial charge in [-0.25, -0.2) is 9.37 Å². The summed E-state index contributed by atoms with van der Waals surface area (Å²) in [6, 6.07) is 9.28. The van der Waals surface area contributed by atoms with Crippen LogP contribution in [0, 0.1) is 5.82 Å². The van der Waals surface area contributed by atoms with Crippen LogP contribution in [0.15, 0.2) is 36.5 Å². The van der Waals surface area contributed by atoms with Crippen molar-refractivity contribution in [2.75, 3.05) is 18.0 Å². The molecule has 5 nitrogen and oxygen atoms in total. The molecular formula is C19H21ClFN3O2. The highest BCUT2D eigenvalue weighted by atomic mass is 35.5. The topological polar surface area (TPSA) is 68.5 Å². The summed E-state index contributed by atoms with van der Waals surface area (Å²) in [4.78, 5) is 16.7. The number of hydrogen-bond donors (Lipinski definition) is 1. The minimum absolute atomic E-state index is 0.0322. The third kappa shape index (κ3) is 4.25. The van der Waals surface area contributed by atoms with Crippen LogP contribution in [-0.4, -0.2) is 30.1 Å². The highest BCUT2D eigenvalue weighted by Gasteiger charge is 2.26. The lowest BCUT2D eigenvalue weighted by atomic mass is 9.97. The third-order valence-corrected chi connectivity index (χ3v) is 4.83. The number of amides is 1. The Kier molecular flexibility index (Phi) is 5.61. The summed E-state index contributed by atoms with van der Waals surface area (Å²) in [6.45, 7) is 3.23. The van der Waals surface area contributed by atoms with Crippen LogP contribution in [0.5, 0.6) is 5.75 Å². The van der Waals surface area contributed by atoms with Crippen molar-refractivity contribution < 1.29 is 13.9 Å². The van der Waals surface area contributed by atoms with Crippen molar-refractivity contribution in [3.8, 4) is 5.75 Å². The van der Waals surface area contributed by atoms with Crippen molar-refractivity contribution in [1.29, 1.82) is 0 Å². The van der Waals surface area contributed by atoms with E-state index in [0.29, 0.717) is 25.2 Å². The van der Waals surface area contributed by atoms with Crippen LogP contribution in [-0.2, 0) is 4.79 Å². The van der Waals surface area contributed by atoms with Crippen LogP contribution >= 0.6 is 11.6 Å². The van der Waals surface area contributed by atoms with Crippen LogP contribution in [0.2, 0.25) is 5.15 Å². The Morgan fingerprint density at radius 3 is 2.85 bits per heavy atom. The Morgan fingerprint density at radius 2 is 2.15 bits per heavy atom. The molecule has 3 rings (SSSR count). The Labute approximate surface area is 156 Å². The van der Waals surface area contributed by atoms with Gasteiger partial charge < -0.3 is 15.4 Å².